The number of carbonyl (C=O) groups is 1. The molecule has 0 aliphatic heterocycles. The number of thioether (sulfide) groups is 1. The van der Waals surface area contributed by atoms with Crippen molar-refractivity contribution >= 4 is 23.5 Å². The van der Waals surface area contributed by atoms with E-state index in [0.717, 1.165) is 12.2 Å². The summed E-state index contributed by atoms with van der Waals surface area (Å²) in [5.41, 5.74) is 0.234. The summed E-state index contributed by atoms with van der Waals surface area (Å²) >= 11 is 1.90. The van der Waals surface area contributed by atoms with E-state index in [1.54, 1.807) is 6.20 Å². The third-order valence-electron chi connectivity index (χ3n) is 3.38. The van der Waals surface area contributed by atoms with Gasteiger partial charge in [-0.25, -0.2) is 14.8 Å². The molecule has 1 fully saturated rings. The molecule has 0 spiro atoms. The van der Waals surface area contributed by atoms with Gasteiger partial charge in [0.25, 0.3) is 0 Å². The van der Waals surface area contributed by atoms with Crippen LogP contribution in [0.25, 0.3) is 0 Å². The van der Waals surface area contributed by atoms with Gasteiger partial charge in [0.05, 0.1) is 19.5 Å². The maximum atomic E-state index is 11.3. The number of hydrogen-bond acceptors (Lipinski definition) is 6. The molecule has 1 heterocycles. The lowest BCUT2D eigenvalue weighted by atomic mass is 9.95. The van der Waals surface area contributed by atoms with E-state index in [4.69, 9.17) is 0 Å². The van der Waals surface area contributed by atoms with Crippen molar-refractivity contribution in [2.24, 2.45) is 0 Å². The van der Waals surface area contributed by atoms with Crippen LogP contribution in [0.3, 0.4) is 0 Å². The summed E-state index contributed by atoms with van der Waals surface area (Å²) in [6, 6.07) is 0.432. The number of esters is 1. The highest BCUT2D eigenvalue weighted by Gasteiger charge is 2.24. The highest BCUT2D eigenvalue weighted by Crippen LogP contribution is 2.28. The van der Waals surface area contributed by atoms with Gasteiger partial charge in [-0.15, -0.1) is 0 Å². The Labute approximate surface area is 117 Å². The molecule has 1 aromatic heterocycles. The van der Waals surface area contributed by atoms with Gasteiger partial charge < -0.3 is 10.1 Å². The van der Waals surface area contributed by atoms with Crippen LogP contribution in [-0.2, 0) is 4.74 Å². The summed E-state index contributed by atoms with van der Waals surface area (Å²) in [6.45, 7) is 0. The van der Waals surface area contributed by atoms with E-state index in [9.17, 15) is 4.79 Å². The third-order valence-corrected chi connectivity index (χ3v) is 4.55. The normalized spacial score (nSPS) is 22.8. The monoisotopic (exact) mass is 281 g/mol. The minimum absolute atomic E-state index is 0.234. The van der Waals surface area contributed by atoms with Gasteiger partial charge in [0.2, 0.25) is 0 Å². The molecule has 0 bridgehead atoms. The molecular formula is C13H19N3O2S. The molecule has 1 aliphatic carbocycles. The molecular weight excluding hydrogens is 262 g/mol. The second-order valence-corrected chi connectivity index (χ2v) is 5.66. The fourth-order valence-electron chi connectivity index (χ4n) is 2.35. The van der Waals surface area contributed by atoms with Crippen molar-refractivity contribution in [1.82, 2.24) is 9.97 Å². The van der Waals surface area contributed by atoms with E-state index in [1.165, 1.54) is 32.6 Å². The summed E-state index contributed by atoms with van der Waals surface area (Å²) in [6.07, 6.45) is 10.2. The summed E-state index contributed by atoms with van der Waals surface area (Å²) in [7, 11) is 1.33. The first-order valence-electron chi connectivity index (χ1n) is 6.44. The Morgan fingerprint density at radius 3 is 2.79 bits per heavy atom. The topological polar surface area (TPSA) is 64.1 Å². The van der Waals surface area contributed by atoms with E-state index in [-0.39, 0.29) is 5.69 Å². The second kappa shape index (κ2) is 6.75. The molecule has 0 amide bonds. The molecule has 5 nitrogen and oxygen atoms in total. The van der Waals surface area contributed by atoms with Crippen LogP contribution < -0.4 is 5.32 Å². The highest BCUT2D eigenvalue weighted by atomic mass is 32.2. The zero-order chi connectivity index (χ0) is 13.7. The average Bonchev–Trinajstić information content (AvgIpc) is 2.48. The predicted molar refractivity (Wildman–Crippen MR) is 76.6 cm³/mol. The predicted octanol–water partition coefficient (Wildman–Crippen LogP) is 2.35. The summed E-state index contributed by atoms with van der Waals surface area (Å²) in [5.74, 6) is 0.261. The van der Waals surface area contributed by atoms with Crippen LogP contribution in [0.1, 0.15) is 36.2 Å². The second-order valence-electron chi connectivity index (χ2n) is 4.59. The third kappa shape index (κ3) is 3.59. The fourth-order valence-corrected chi connectivity index (χ4v) is 3.28. The fraction of sp³-hybridized carbons (Fsp3) is 0.615. The van der Waals surface area contributed by atoms with Crippen LogP contribution in [0.2, 0.25) is 0 Å². The van der Waals surface area contributed by atoms with Crippen molar-refractivity contribution in [1.29, 1.82) is 0 Å². The zero-order valence-corrected chi connectivity index (χ0v) is 12.1. The van der Waals surface area contributed by atoms with Gasteiger partial charge in [-0.2, -0.15) is 11.8 Å². The minimum atomic E-state index is -0.460. The quantitative estimate of drug-likeness (QED) is 0.855. The Morgan fingerprint density at radius 1 is 1.37 bits per heavy atom. The number of aromatic nitrogens is 2. The summed E-state index contributed by atoms with van der Waals surface area (Å²) < 4.78 is 4.60. The minimum Gasteiger partial charge on any atom is -0.464 e. The molecule has 1 aliphatic rings. The van der Waals surface area contributed by atoms with Crippen LogP contribution in [0.15, 0.2) is 12.4 Å². The highest BCUT2D eigenvalue weighted by molar-refractivity contribution is 7.99. The van der Waals surface area contributed by atoms with Crippen molar-refractivity contribution in [3.8, 4) is 0 Å². The molecule has 19 heavy (non-hydrogen) atoms. The molecule has 2 unspecified atom stereocenters. The van der Waals surface area contributed by atoms with Crippen LogP contribution in [0.5, 0.6) is 0 Å². The van der Waals surface area contributed by atoms with Gasteiger partial charge >= 0.3 is 5.97 Å². The Bertz CT molecular complexity index is 424. The molecule has 1 saturated carbocycles. The molecule has 0 aromatic carbocycles. The number of anilines is 1. The number of rotatable bonds is 4. The number of hydrogen-bond donors (Lipinski definition) is 1. The molecule has 1 N–H and O–H groups in total. The smallest absolute Gasteiger partial charge is 0.358 e. The van der Waals surface area contributed by atoms with Crippen LogP contribution in [-0.4, -0.2) is 40.6 Å². The largest absolute Gasteiger partial charge is 0.464 e. The van der Waals surface area contributed by atoms with Gasteiger partial charge in [0.15, 0.2) is 5.69 Å². The number of nitrogens with one attached hydrogen (secondary N) is 1. The maximum absolute atomic E-state index is 11.3. The van der Waals surface area contributed by atoms with Crippen molar-refractivity contribution in [2.45, 2.75) is 37.0 Å². The van der Waals surface area contributed by atoms with E-state index < -0.39 is 5.97 Å². The molecule has 104 valence electrons. The number of carbonyl (C=O) groups excluding carboxylic acids is 1. The molecule has 1 aromatic rings. The number of methoxy groups -OCH3 is 1. The maximum Gasteiger partial charge on any atom is 0.358 e. The lowest BCUT2D eigenvalue weighted by Gasteiger charge is -2.31. The van der Waals surface area contributed by atoms with E-state index in [2.05, 4.69) is 26.3 Å². The van der Waals surface area contributed by atoms with E-state index in [0.29, 0.717) is 11.3 Å². The van der Waals surface area contributed by atoms with Gasteiger partial charge in [0.1, 0.15) is 5.82 Å². The standard InChI is InChI=1S/C13H19N3O2S/c1-18-13(17)10-7-15-12(8-14-10)16-9-5-3-4-6-11(9)19-2/h7-9,11H,3-6H2,1-2H3,(H,15,16). The lowest BCUT2D eigenvalue weighted by Crippen LogP contribution is -2.34. The van der Waals surface area contributed by atoms with Crippen LogP contribution in [0, 0.1) is 0 Å². The molecule has 0 saturated heterocycles. The number of nitrogens with zero attached hydrogens (tertiary/aromatic N) is 2. The summed E-state index contributed by atoms with van der Waals surface area (Å²) in [4.78, 5) is 19.6. The first-order chi connectivity index (χ1) is 9.24. The lowest BCUT2D eigenvalue weighted by molar-refractivity contribution is 0.0593. The van der Waals surface area contributed by atoms with Gasteiger partial charge in [0, 0.05) is 11.3 Å². The van der Waals surface area contributed by atoms with Crippen LogP contribution in [0.4, 0.5) is 5.82 Å². The van der Waals surface area contributed by atoms with Crippen molar-refractivity contribution in [3.05, 3.63) is 18.1 Å². The Balaban J connectivity index is 2.00. The first kappa shape index (κ1) is 14.1. The molecule has 0 radical (unpaired) electrons. The van der Waals surface area contributed by atoms with Crippen molar-refractivity contribution in [3.63, 3.8) is 0 Å². The van der Waals surface area contributed by atoms with Crippen LogP contribution >= 0.6 is 11.8 Å². The summed E-state index contributed by atoms with van der Waals surface area (Å²) in [5, 5.41) is 4.04. The first-order valence-corrected chi connectivity index (χ1v) is 7.73. The Morgan fingerprint density at radius 2 is 2.16 bits per heavy atom. The molecule has 2 rings (SSSR count). The van der Waals surface area contributed by atoms with Gasteiger partial charge in [-0.3, -0.25) is 0 Å². The SMILES string of the molecule is COC(=O)c1cnc(NC2CCCCC2SC)cn1. The van der Waals surface area contributed by atoms with E-state index >= 15 is 0 Å². The zero-order valence-electron chi connectivity index (χ0n) is 11.3. The van der Waals surface area contributed by atoms with Gasteiger partial charge in [-0.05, 0) is 19.1 Å². The Kier molecular flexibility index (Phi) is 5.01. The molecule has 2 atom stereocenters. The average molecular weight is 281 g/mol. The molecule has 6 heteroatoms. The van der Waals surface area contributed by atoms with Gasteiger partial charge in [-0.1, -0.05) is 12.8 Å². The number of ether oxygens (including phenoxy) is 1. The van der Waals surface area contributed by atoms with Crippen molar-refractivity contribution < 1.29 is 9.53 Å². The van der Waals surface area contributed by atoms with Crippen molar-refractivity contribution in [2.75, 3.05) is 18.7 Å². The Hall–Kier alpha value is -1.30. The van der Waals surface area contributed by atoms with E-state index in [1.807, 2.05) is 11.8 Å².